The average Bonchev–Trinajstić information content (AvgIpc) is 2.61. The second-order valence-electron chi connectivity index (χ2n) is 5.17. The molecule has 2 aromatic rings. The molecule has 0 fully saturated rings. The number of ether oxygens (including phenoxy) is 3. The van der Waals surface area contributed by atoms with Crippen molar-refractivity contribution in [2.45, 2.75) is 11.8 Å². The summed E-state index contributed by atoms with van der Waals surface area (Å²) >= 11 is 5.95. The van der Waals surface area contributed by atoms with Crippen LogP contribution in [-0.4, -0.2) is 35.8 Å². The highest BCUT2D eigenvalue weighted by molar-refractivity contribution is 7.89. The Morgan fingerprint density at radius 1 is 1.04 bits per heavy atom. The van der Waals surface area contributed by atoms with Crippen LogP contribution in [0.1, 0.15) is 5.56 Å². The van der Waals surface area contributed by atoms with Gasteiger partial charge in [-0.1, -0.05) is 11.6 Å². The molecule has 25 heavy (non-hydrogen) atoms. The maximum absolute atomic E-state index is 12.3. The number of rotatable bonds is 8. The zero-order chi connectivity index (χ0) is 18.4. The van der Waals surface area contributed by atoms with Gasteiger partial charge in [0.25, 0.3) is 0 Å². The van der Waals surface area contributed by atoms with Gasteiger partial charge in [-0.3, -0.25) is 0 Å². The van der Waals surface area contributed by atoms with Gasteiger partial charge in [-0.15, -0.1) is 0 Å². The van der Waals surface area contributed by atoms with E-state index >= 15 is 0 Å². The number of aryl methyl sites for hydroxylation is 1. The third kappa shape index (κ3) is 5.01. The van der Waals surface area contributed by atoms with Crippen LogP contribution in [0, 0.1) is 6.92 Å². The number of hydrogen-bond donors (Lipinski definition) is 1. The molecular formula is C17H20ClNO5S. The highest BCUT2D eigenvalue weighted by Crippen LogP contribution is 2.29. The minimum atomic E-state index is -3.67. The molecule has 0 aliphatic heterocycles. The van der Waals surface area contributed by atoms with E-state index in [1.165, 1.54) is 26.4 Å². The predicted octanol–water partition coefficient (Wildman–Crippen LogP) is 3.02. The summed E-state index contributed by atoms with van der Waals surface area (Å²) in [5, 5.41) is 0.654. The lowest BCUT2D eigenvalue weighted by Crippen LogP contribution is -2.28. The van der Waals surface area contributed by atoms with Crippen LogP contribution < -0.4 is 18.9 Å². The molecule has 0 aromatic heterocycles. The van der Waals surface area contributed by atoms with E-state index in [2.05, 4.69) is 4.72 Å². The topological polar surface area (TPSA) is 73.9 Å². The molecule has 1 N–H and O–H groups in total. The molecule has 0 heterocycles. The van der Waals surface area contributed by atoms with E-state index in [1.807, 2.05) is 6.92 Å². The summed E-state index contributed by atoms with van der Waals surface area (Å²) in [5.41, 5.74) is 0.894. The van der Waals surface area contributed by atoms with E-state index in [0.717, 1.165) is 5.56 Å². The molecule has 136 valence electrons. The molecule has 0 aliphatic rings. The smallest absolute Gasteiger partial charge is 0.240 e. The average molecular weight is 386 g/mol. The zero-order valence-electron chi connectivity index (χ0n) is 14.2. The molecule has 0 saturated carbocycles. The number of halogens is 1. The minimum Gasteiger partial charge on any atom is -0.493 e. The van der Waals surface area contributed by atoms with Gasteiger partial charge < -0.3 is 14.2 Å². The van der Waals surface area contributed by atoms with Gasteiger partial charge in [0.1, 0.15) is 12.4 Å². The Bertz CT molecular complexity index is 839. The van der Waals surface area contributed by atoms with Crippen molar-refractivity contribution in [3.8, 4) is 17.2 Å². The second-order valence-corrected chi connectivity index (χ2v) is 7.35. The zero-order valence-corrected chi connectivity index (χ0v) is 15.8. The minimum absolute atomic E-state index is 0.0903. The van der Waals surface area contributed by atoms with Crippen molar-refractivity contribution < 1.29 is 22.6 Å². The maximum Gasteiger partial charge on any atom is 0.240 e. The van der Waals surface area contributed by atoms with Gasteiger partial charge in [-0.05, 0) is 42.8 Å². The quantitative estimate of drug-likeness (QED) is 0.707. The number of benzene rings is 2. The van der Waals surface area contributed by atoms with Crippen LogP contribution >= 0.6 is 11.6 Å². The molecule has 2 aromatic carbocycles. The predicted molar refractivity (Wildman–Crippen MR) is 96.4 cm³/mol. The summed E-state index contributed by atoms with van der Waals surface area (Å²) in [6.45, 7) is 2.18. The molecule has 6 nitrogen and oxygen atoms in total. The van der Waals surface area contributed by atoms with Gasteiger partial charge >= 0.3 is 0 Å². The normalized spacial score (nSPS) is 11.2. The fourth-order valence-corrected chi connectivity index (χ4v) is 3.26. The molecule has 0 amide bonds. The van der Waals surface area contributed by atoms with Crippen LogP contribution in [0.15, 0.2) is 41.3 Å². The van der Waals surface area contributed by atoms with E-state index in [1.54, 1.807) is 24.3 Å². The summed E-state index contributed by atoms with van der Waals surface area (Å²) in [5.74, 6) is 1.44. The SMILES string of the molecule is COc1ccc(S(=O)(=O)NCCOc2ccc(Cl)c(C)c2)cc1OC. The molecule has 2 rings (SSSR count). The van der Waals surface area contributed by atoms with Gasteiger partial charge in [-0.2, -0.15) is 0 Å². The Balaban J connectivity index is 1.96. The third-order valence-corrected chi connectivity index (χ3v) is 5.34. The fraction of sp³-hybridized carbons (Fsp3) is 0.294. The standard InChI is InChI=1S/C17H20ClNO5S/c1-12-10-13(4-6-15(12)18)24-9-8-19-25(20,21)14-5-7-16(22-2)17(11-14)23-3/h4-7,10-11,19H,8-9H2,1-3H3. The van der Waals surface area contributed by atoms with Gasteiger partial charge in [0.15, 0.2) is 11.5 Å². The lowest BCUT2D eigenvalue weighted by molar-refractivity contribution is 0.322. The van der Waals surface area contributed by atoms with Crippen molar-refractivity contribution in [3.05, 3.63) is 47.0 Å². The Morgan fingerprint density at radius 3 is 2.40 bits per heavy atom. The lowest BCUT2D eigenvalue weighted by Gasteiger charge is -2.12. The summed E-state index contributed by atoms with van der Waals surface area (Å²) in [6, 6.07) is 9.67. The van der Waals surface area contributed by atoms with Gasteiger partial charge in [0, 0.05) is 17.6 Å². The largest absolute Gasteiger partial charge is 0.493 e. The second kappa shape index (κ2) is 8.42. The van der Waals surface area contributed by atoms with E-state index < -0.39 is 10.0 Å². The lowest BCUT2D eigenvalue weighted by atomic mass is 10.2. The fourth-order valence-electron chi connectivity index (χ4n) is 2.12. The van der Waals surface area contributed by atoms with Crippen molar-refractivity contribution >= 4 is 21.6 Å². The summed E-state index contributed by atoms with van der Waals surface area (Å²) < 4.78 is 42.9. The summed E-state index contributed by atoms with van der Waals surface area (Å²) in [4.78, 5) is 0.0903. The van der Waals surface area contributed by atoms with E-state index in [-0.39, 0.29) is 18.0 Å². The number of methoxy groups -OCH3 is 2. The summed E-state index contributed by atoms with van der Waals surface area (Å²) in [7, 11) is -0.740. The Labute approximate surface area is 152 Å². The number of hydrogen-bond acceptors (Lipinski definition) is 5. The van der Waals surface area contributed by atoms with Gasteiger partial charge in [0.05, 0.1) is 19.1 Å². The van der Waals surface area contributed by atoms with E-state index in [9.17, 15) is 8.42 Å². The van der Waals surface area contributed by atoms with Crippen LogP contribution in [0.5, 0.6) is 17.2 Å². The molecule has 0 radical (unpaired) electrons. The van der Waals surface area contributed by atoms with E-state index in [0.29, 0.717) is 22.3 Å². The number of nitrogens with one attached hydrogen (secondary N) is 1. The van der Waals surface area contributed by atoms with Crippen LogP contribution in [0.3, 0.4) is 0 Å². The first-order chi connectivity index (χ1) is 11.9. The number of sulfonamides is 1. The molecule has 0 aliphatic carbocycles. The summed E-state index contributed by atoms with van der Waals surface area (Å²) in [6.07, 6.45) is 0. The molecule has 0 saturated heterocycles. The molecule has 8 heteroatoms. The Kier molecular flexibility index (Phi) is 6.52. The van der Waals surface area contributed by atoms with Crippen LogP contribution in [0.25, 0.3) is 0 Å². The monoisotopic (exact) mass is 385 g/mol. The van der Waals surface area contributed by atoms with Gasteiger partial charge in [0.2, 0.25) is 10.0 Å². The van der Waals surface area contributed by atoms with Gasteiger partial charge in [-0.25, -0.2) is 13.1 Å². The van der Waals surface area contributed by atoms with Crippen molar-refractivity contribution in [2.24, 2.45) is 0 Å². The first-order valence-corrected chi connectivity index (χ1v) is 9.34. The van der Waals surface area contributed by atoms with Crippen LogP contribution in [0.2, 0.25) is 5.02 Å². The van der Waals surface area contributed by atoms with Crippen molar-refractivity contribution in [1.29, 1.82) is 0 Å². The molecule has 0 atom stereocenters. The van der Waals surface area contributed by atoms with Crippen LogP contribution in [-0.2, 0) is 10.0 Å². The molecule has 0 unspecified atom stereocenters. The Hall–Kier alpha value is -1.96. The van der Waals surface area contributed by atoms with Crippen molar-refractivity contribution in [3.63, 3.8) is 0 Å². The van der Waals surface area contributed by atoms with Crippen LogP contribution in [0.4, 0.5) is 0 Å². The first kappa shape index (κ1) is 19.4. The molecular weight excluding hydrogens is 366 g/mol. The highest BCUT2D eigenvalue weighted by atomic mass is 35.5. The first-order valence-electron chi connectivity index (χ1n) is 7.48. The third-order valence-electron chi connectivity index (χ3n) is 3.46. The van der Waals surface area contributed by atoms with Crippen molar-refractivity contribution in [2.75, 3.05) is 27.4 Å². The highest BCUT2D eigenvalue weighted by Gasteiger charge is 2.16. The Morgan fingerprint density at radius 2 is 1.76 bits per heavy atom. The maximum atomic E-state index is 12.3. The molecule has 0 bridgehead atoms. The van der Waals surface area contributed by atoms with E-state index in [4.69, 9.17) is 25.8 Å². The van der Waals surface area contributed by atoms with Crippen molar-refractivity contribution in [1.82, 2.24) is 4.72 Å². The molecule has 0 spiro atoms.